The van der Waals surface area contributed by atoms with Gasteiger partial charge in [-0.25, -0.2) is 9.59 Å². The number of urea groups is 1. The summed E-state index contributed by atoms with van der Waals surface area (Å²) in [6.45, 7) is 6.10. The number of hydrogen-bond acceptors (Lipinski definition) is 10. The van der Waals surface area contributed by atoms with Crippen molar-refractivity contribution >= 4 is 64.0 Å². The van der Waals surface area contributed by atoms with Crippen LogP contribution in [0.5, 0.6) is 23.0 Å². The zero-order valence-electron chi connectivity index (χ0n) is 26.6. The molecule has 48 heavy (non-hydrogen) atoms. The number of esters is 1. The molecule has 2 atom stereocenters. The summed E-state index contributed by atoms with van der Waals surface area (Å²) >= 11 is 14.5. The number of halogens is 3. The molecule has 1 aliphatic rings. The highest BCUT2D eigenvalue weighted by Gasteiger charge is 2.32. The zero-order valence-corrected chi connectivity index (χ0v) is 30.2. The first-order valence-electron chi connectivity index (χ1n) is 14.8. The number of nitrogens with one attached hydrogen (secondary N) is 3. The first-order valence-corrected chi connectivity index (χ1v) is 16.6. The fourth-order valence-electron chi connectivity index (χ4n) is 4.67. The van der Waals surface area contributed by atoms with Crippen LogP contribution in [0.2, 0.25) is 10.0 Å². The number of aliphatic hydroxyl groups is 1. The number of allylic oxidation sites excluding steroid dienone is 1. The van der Waals surface area contributed by atoms with Crippen molar-refractivity contribution in [3.8, 4) is 23.0 Å². The number of hydrogen-bond donors (Lipinski definition) is 4. The molecular weight excluding hydrogens is 778 g/mol. The second kappa shape index (κ2) is 17.5. The Kier molecular flexibility index (Phi) is 13.4. The van der Waals surface area contributed by atoms with Crippen molar-refractivity contribution in [1.82, 2.24) is 16.1 Å². The van der Waals surface area contributed by atoms with Gasteiger partial charge in [-0.2, -0.15) is 5.10 Å². The summed E-state index contributed by atoms with van der Waals surface area (Å²) in [6, 6.07) is 12.6. The molecule has 12 nitrogen and oxygen atoms in total. The molecule has 0 aliphatic carbocycles. The highest BCUT2D eigenvalue weighted by molar-refractivity contribution is 14.1. The second-order valence-corrected chi connectivity index (χ2v) is 12.2. The Labute approximate surface area is 301 Å². The van der Waals surface area contributed by atoms with Gasteiger partial charge in [-0.1, -0.05) is 35.3 Å². The average Bonchev–Trinajstić information content (AvgIpc) is 3.04. The maximum atomic E-state index is 12.5. The fraction of sp³-hybridized carbons (Fsp3) is 0.303. The molecule has 0 fully saturated rings. The van der Waals surface area contributed by atoms with Gasteiger partial charge < -0.3 is 39.4 Å². The Morgan fingerprint density at radius 2 is 1.79 bits per heavy atom. The Morgan fingerprint density at radius 3 is 2.50 bits per heavy atom. The van der Waals surface area contributed by atoms with E-state index in [1.54, 1.807) is 43.3 Å². The Bertz CT molecular complexity index is 1700. The van der Waals surface area contributed by atoms with Crippen molar-refractivity contribution < 1.29 is 38.4 Å². The van der Waals surface area contributed by atoms with Gasteiger partial charge in [0.2, 0.25) is 0 Å². The Morgan fingerprint density at radius 1 is 1.04 bits per heavy atom. The number of carbonyl (C=O) groups is 2. The Hall–Kier alpha value is -3.92. The molecule has 0 aromatic heterocycles. The minimum atomic E-state index is -1.17. The molecule has 0 radical (unpaired) electrons. The zero-order chi connectivity index (χ0) is 34.8. The van der Waals surface area contributed by atoms with Gasteiger partial charge in [-0.15, -0.1) is 0 Å². The number of nitrogens with zero attached hydrogens (tertiary/aromatic N) is 1. The average molecular weight is 813 g/mol. The predicted molar refractivity (Wildman–Crippen MR) is 190 cm³/mol. The smallest absolute Gasteiger partial charge is 0.337 e. The van der Waals surface area contributed by atoms with E-state index in [-0.39, 0.29) is 18.8 Å². The van der Waals surface area contributed by atoms with Gasteiger partial charge in [0.15, 0.2) is 29.2 Å². The summed E-state index contributed by atoms with van der Waals surface area (Å²) in [6.07, 6.45) is 0.364. The van der Waals surface area contributed by atoms with Crippen LogP contribution in [0.3, 0.4) is 0 Å². The van der Waals surface area contributed by atoms with Gasteiger partial charge in [-0.05, 0) is 90.9 Å². The lowest BCUT2D eigenvalue weighted by Gasteiger charge is -2.28. The van der Waals surface area contributed by atoms with E-state index in [4.69, 9.17) is 46.9 Å². The minimum Gasteiger partial charge on any atom is -0.490 e. The molecule has 3 aromatic carbocycles. The van der Waals surface area contributed by atoms with Crippen LogP contribution < -0.4 is 35.0 Å². The van der Waals surface area contributed by atoms with Gasteiger partial charge in [0.25, 0.3) is 0 Å². The third-order valence-electron chi connectivity index (χ3n) is 6.83. The number of benzene rings is 3. The van der Waals surface area contributed by atoms with Crippen LogP contribution in [-0.4, -0.2) is 56.5 Å². The minimum absolute atomic E-state index is 0.172. The van der Waals surface area contributed by atoms with Crippen LogP contribution in [0.15, 0.2) is 64.9 Å². The predicted octanol–water partition coefficient (Wildman–Crippen LogP) is 6.10. The summed E-state index contributed by atoms with van der Waals surface area (Å²) < 4.78 is 29.2. The first kappa shape index (κ1) is 36.9. The van der Waals surface area contributed by atoms with Gasteiger partial charge in [-0.3, -0.25) is 5.43 Å². The summed E-state index contributed by atoms with van der Waals surface area (Å²) in [7, 11) is 1.27. The molecule has 256 valence electrons. The van der Waals surface area contributed by atoms with E-state index >= 15 is 0 Å². The van der Waals surface area contributed by atoms with Crippen LogP contribution in [-0.2, 0) is 16.1 Å². The van der Waals surface area contributed by atoms with Crippen molar-refractivity contribution in [2.75, 3.05) is 26.9 Å². The summed E-state index contributed by atoms with van der Waals surface area (Å²) in [5, 5.41) is 21.1. The monoisotopic (exact) mass is 812 g/mol. The van der Waals surface area contributed by atoms with Crippen molar-refractivity contribution in [3.63, 3.8) is 0 Å². The molecule has 4 rings (SSSR count). The largest absolute Gasteiger partial charge is 0.490 e. The summed E-state index contributed by atoms with van der Waals surface area (Å²) in [5.41, 5.74) is 5.35. The number of methoxy groups -OCH3 is 1. The number of amides is 2. The molecular formula is C33H35Cl2IN4O8. The van der Waals surface area contributed by atoms with E-state index in [1.807, 2.05) is 26.0 Å². The van der Waals surface area contributed by atoms with Crippen molar-refractivity contribution in [2.24, 2.45) is 5.10 Å². The maximum absolute atomic E-state index is 12.5. The van der Waals surface area contributed by atoms with Crippen LogP contribution in [0.1, 0.15) is 43.5 Å². The van der Waals surface area contributed by atoms with Gasteiger partial charge >= 0.3 is 12.0 Å². The van der Waals surface area contributed by atoms with E-state index in [1.165, 1.54) is 13.3 Å². The third kappa shape index (κ3) is 9.58. The van der Waals surface area contributed by atoms with Gasteiger partial charge in [0.05, 0.1) is 41.7 Å². The van der Waals surface area contributed by atoms with Crippen LogP contribution in [0.4, 0.5) is 4.79 Å². The fourth-order valence-corrected chi connectivity index (χ4v) is 5.92. The lowest BCUT2D eigenvalue weighted by atomic mass is 9.95. The molecule has 1 aliphatic heterocycles. The molecule has 2 amide bonds. The highest BCUT2D eigenvalue weighted by atomic mass is 127. The number of hydrazone groups is 1. The first-order chi connectivity index (χ1) is 23.0. The van der Waals surface area contributed by atoms with E-state index in [0.29, 0.717) is 63.1 Å². The summed E-state index contributed by atoms with van der Waals surface area (Å²) in [4.78, 5) is 24.7. The van der Waals surface area contributed by atoms with Crippen molar-refractivity contribution in [3.05, 3.63) is 90.1 Å². The lowest BCUT2D eigenvalue weighted by Crippen LogP contribution is -2.45. The summed E-state index contributed by atoms with van der Waals surface area (Å²) in [5.74, 6) is 1.22. The topological polar surface area (TPSA) is 149 Å². The lowest BCUT2D eigenvalue weighted by molar-refractivity contribution is -0.136. The van der Waals surface area contributed by atoms with Gasteiger partial charge in [0, 0.05) is 21.3 Å². The van der Waals surface area contributed by atoms with E-state index in [2.05, 4.69) is 43.8 Å². The molecule has 15 heteroatoms. The van der Waals surface area contributed by atoms with Crippen molar-refractivity contribution in [2.45, 2.75) is 39.6 Å². The standard InChI is InChI=1S/C33H35Cl2IN4O8/c1-5-45-26-13-20(30-29(32(42)44-4)18(3)38-33(43)39-30)8-10-25(26)47-17-28(41)40-37-15-19-11-24(36)31(27(12-19)46-6-2)48-16-21-7-9-22(34)14-23(21)35/h7-15,28,30,40-41H,5-6,16-17H2,1-4H3,(H2,38,39,43)/b37-15+/t28-,30-/m0/s1. The van der Waals surface area contributed by atoms with Gasteiger partial charge in [0.1, 0.15) is 13.2 Å². The molecule has 1 heterocycles. The van der Waals surface area contributed by atoms with E-state index < -0.39 is 24.3 Å². The highest BCUT2D eigenvalue weighted by Crippen LogP contribution is 2.36. The molecule has 0 saturated heterocycles. The number of aliphatic hydroxyl groups excluding tert-OH is 1. The molecule has 0 saturated carbocycles. The normalized spacial score (nSPS) is 15.0. The third-order valence-corrected chi connectivity index (χ3v) is 8.22. The number of ether oxygens (including phenoxy) is 5. The molecule has 0 unspecified atom stereocenters. The number of carbonyl (C=O) groups excluding carboxylic acids is 2. The van der Waals surface area contributed by atoms with E-state index in [0.717, 1.165) is 9.13 Å². The SMILES string of the molecule is CCOc1cc([C@@H]2NC(=O)NC(C)=C2C(=O)OC)ccc1OC[C@H](O)N/N=C/c1cc(I)c(OCc2ccc(Cl)cc2Cl)c(OCC)c1. The molecule has 3 aromatic rings. The number of rotatable bonds is 15. The van der Waals surface area contributed by atoms with Crippen LogP contribution >= 0.6 is 45.8 Å². The Balaban J connectivity index is 1.40. The van der Waals surface area contributed by atoms with Crippen molar-refractivity contribution in [1.29, 1.82) is 0 Å². The molecule has 0 spiro atoms. The maximum Gasteiger partial charge on any atom is 0.337 e. The second-order valence-electron chi connectivity index (χ2n) is 10.2. The molecule has 0 bridgehead atoms. The van der Waals surface area contributed by atoms with Crippen LogP contribution in [0, 0.1) is 3.57 Å². The molecule has 4 N–H and O–H groups in total. The van der Waals surface area contributed by atoms with E-state index in [9.17, 15) is 14.7 Å². The quantitative estimate of drug-likeness (QED) is 0.0470. The van der Waals surface area contributed by atoms with Crippen LogP contribution in [0.25, 0.3) is 0 Å².